The van der Waals surface area contributed by atoms with Gasteiger partial charge in [0.25, 0.3) is 5.69 Å². The Labute approximate surface area is 198 Å². The zero-order valence-electron chi connectivity index (χ0n) is 19.2. The summed E-state index contributed by atoms with van der Waals surface area (Å²) in [7, 11) is -3.86. The Morgan fingerprint density at radius 1 is 1.15 bits per heavy atom. The van der Waals surface area contributed by atoms with Gasteiger partial charge in [-0.1, -0.05) is 0 Å². The van der Waals surface area contributed by atoms with Crippen LogP contribution in [0.15, 0.2) is 23.1 Å². The molecule has 0 aromatic heterocycles. The standard InChI is InChI=1S/C20H30N6O7S/c1-3-21-20(28)22-19(27)15(2)23-6-8-24(9-7-23)17-5-4-16(14-18(17)26(29)30)34(31,32)25-10-12-33-13-11-25/h4-5,14-15H,3,6-13H2,1-2H3,(H2,21,22,27,28). The molecule has 2 saturated heterocycles. The number of urea groups is 1. The fourth-order valence-electron chi connectivity index (χ4n) is 3.95. The van der Waals surface area contributed by atoms with Crippen LogP contribution in [-0.4, -0.2) is 99.6 Å². The number of rotatable bonds is 7. The van der Waals surface area contributed by atoms with Crippen molar-refractivity contribution in [1.29, 1.82) is 0 Å². The molecule has 14 heteroatoms. The molecular weight excluding hydrogens is 468 g/mol. The van der Waals surface area contributed by atoms with Crippen molar-refractivity contribution in [3.63, 3.8) is 0 Å². The van der Waals surface area contributed by atoms with E-state index in [4.69, 9.17) is 4.74 Å². The summed E-state index contributed by atoms with van der Waals surface area (Å²) in [6.07, 6.45) is 0. The fourth-order valence-corrected chi connectivity index (χ4v) is 5.38. The molecule has 0 spiro atoms. The third-order valence-corrected chi connectivity index (χ3v) is 7.80. The minimum Gasteiger partial charge on any atom is -0.379 e. The Hall–Kier alpha value is -2.81. The molecule has 3 rings (SSSR count). The monoisotopic (exact) mass is 498 g/mol. The highest BCUT2D eigenvalue weighted by Gasteiger charge is 2.32. The molecule has 188 valence electrons. The van der Waals surface area contributed by atoms with E-state index in [1.54, 1.807) is 18.7 Å². The van der Waals surface area contributed by atoms with Gasteiger partial charge in [0.15, 0.2) is 0 Å². The first-order valence-electron chi connectivity index (χ1n) is 11.1. The van der Waals surface area contributed by atoms with Crippen molar-refractivity contribution in [1.82, 2.24) is 19.8 Å². The van der Waals surface area contributed by atoms with Gasteiger partial charge in [0.2, 0.25) is 15.9 Å². The van der Waals surface area contributed by atoms with E-state index in [0.717, 1.165) is 6.07 Å². The molecule has 1 atom stereocenters. The van der Waals surface area contributed by atoms with Crippen molar-refractivity contribution in [3.05, 3.63) is 28.3 Å². The second kappa shape index (κ2) is 11.1. The van der Waals surface area contributed by atoms with E-state index >= 15 is 0 Å². The van der Waals surface area contributed by atoms with Gasteiger partial charge in [0, 0.05) is 51.9 Å². The van der Waals surface area contributed by atoms with Gasteiger partial charge in [-0.3, -0.25) is 25.1 Å². The van der Waals surface area contributed by atoms with E-state index < -0.39 is 32.9 Å². The predicted molar refractivity (Wildman–Crippen MR) is 123 cm³/mol. The second-order valence-corrected chi connectivity index (χ2v) is 9.91. The zero-order valence-corrected chi connectivity index (χ0v) is 20.0. The Bertz CT molecular complexity index is 1020. The summed E-state index contributed by atoms with van der Waals surface area (Å²) >= 11 is 0. The Balaban J connectivity index is 1.70. The first kappa shape index (κ1) is 25.8. The number of sulfonamides is 1. The number of piperazine rings is 1. The minimum atomic E-state index is -3.86. The number of nitrogens with one attached hydrogen (secondary N) is 2. The van der Waals surface area contributed by atoms with Gasteiger partial charge in [-0.05, 0) is 26.0 Å². The number of anilines is 1. The lowest BCUT2D eigenvalue weighted by molar-refractivity contribution is -0.384. The van der Waals surface area contributed by atoms with Crippen LogP contribution in [0.1, 0.15) is 13.8 Å². The van der Waals surface area contributed by atoms with Crippen molar-refractivity contribution in [2.24, 2.45) is 0 Å². The van der Waals surface area contributed by atoms with Crippen LogP contribution >= 0.6 is 0 Å². The molecule has 0 bridgehead atoms. The Morgan fingerprint density at radius 2 is 1.79 bits per heavy atom. The summed E-state index contributed by atoms with van der Waals surface area (Å²) in [6.45, 7) is 6.48. The van der Waals surface area contributed by atoms with Gasteiger partial charge >= 0.3 is 6.03 Å². The minimum absolute atomic E-state index is 0.126. The van der Waals surface area contributed by atoms with Crippen molar-refractivity contribution in [3.8, 4) is 0 Å². The number of ether oxygens (including phenoxy) is 1. The van der Waals surface area contributed by atoms with Gasteiger partial charge in [0.1, 0.15) is 5.69 Å². The van der Waals surface area contributed by atoms with Crippen LogP contribution < -0.4 is 15.5 Å². The molecule has 2 fully saturated rings. The molecule has 0 aliphatic carbocycles. The number of nitro groups is 1. The van der Waals surface area contributed by atoms with E-state index in [9.17, 15) is 28.1 Å². The first-order valence-corrected chi connectivity index (χ1v) is 12.5. The summed E-state index contributed by atoms with van der Waals surface area (Å²) in [4.78, 5) is 38.7. The quantitative estimate of drug-likeness (QED) is 0.389. The number of imide groups is 1. The number of nitro benzene ring substituents is 1. The number of carbonyl (C=O) groups excluding carboxylic acids is 2. The third-order valence-electron chi connectivity index (χ3n) is 5.91. The lowest BCUT2D eigenvalue weighted by Gasteiger charge is -2.38. The zero-order chi connectivity index (χ0) is 24.9. The largest absolute Gasteiger partial charge is 0.379 e. The molecule has 1 aromatic rings. The lowest BCUT2D eigenvalue weighted by Crippen LogP contribution is -2.55. The molecule has 1 unspecified atom stereocenters. The van der Waals surface area contributed by atoms with Crippen LogP contribution in [0.3, 0.4) is 0 Å². The molecule has 2 aliphatic rings. The molecule has 3 amide bonds. The van der Waals surface area contributed by atoms with Crippen LogP contribution in [-0.2, 0) is 19.6 Å². The summed E-state index contributed by atoms with van der Waals surface area (Å²) in [5.74, 6) is -0.428. The van der Waals surface area contributed by atoms with Crippen LogP contribution in [0, 0.1) is 10.1 Å². The number of hydrogen-bond acceptors (Lipinski definition) is 9. The number of morpholine rings is 1. The second-order valence-electron chi connectivity index (χ2n) is 7.97. The molecule has 0 radical (unpaired) electrons. The molecule has 13 nitrogen and oxygen atoms in total. The average molecular weight is 499 g/mol. The van der Waals surface area contributed by atoms with Gasteiger partial charge in [-0.25, -0.2) is 13.2 Å². The molecule has 0 saturated carbocycles. The van der Waals surface area contributed by atoms with Crippen LogP contribution in [0.2, 0.25) is 0 Å². The van der Waals surface area contributed by atoms with Crippen molar-refractivity contribution >= 4 is 33.3 Å². The van der Waals surface area contributed by atoms with Crippen LogP contribution in [0.4, 0.5) is 16.2 Å². The van der Waals surface area contributed by atoms with Crippen LogP contribution in [0.25, 0.3) is 0 Å². The number of nitrogens with zero attached hydrogens (tertiary/aromatic N) is 4. The van der Waals surface area contributed by atoms with Gasteiger partial charge in [-0.15, -0.1) is 0 Å². The van der Waals surface area contributed by atoms with E-state index in [2.05, 4.69) is 10.6 Å². The summed E-state index contributed by atoms with van der Waals surface area (Å²) in [5.41, 5.74) is 0.0369. The maximum absolute atomic E-state index is 12.9. The Kier molecular flexibility index (Phi) is 8.41. The van der Waals surface area contributed by atoms with E-state index in [-0.39, 0.29) is 36.9 Å². The highest BCUT2D eigenvalue weighted by atomic mass is 32.2. The molecule has 1 aromatic carbocycles. The van der Waals surface area contributed by atoms with Gasteiger partial charge in [0.05, 0.1) is 29.1 Å². The van der Waals surface area contributed by atoms with E-state index in [1.165, 1.54) is 16.4 Å². The van der Waals surface area contributed by atoms with E-state index in [0.29, 0.717) is 38.4 Å². The topological polar surface area (TPSA) is 154 Å². The van der Waals surface area contributed by atoms with Crippen molar-refractivity contribution in [2.45, 2.75) is 24.8 Å². The smallest absolute Gasteiger partial charge is 0.321 e. The van der Waals surface area contributed by atoms with Gasteiger partial charge in [-0.2, -0.15) is 4.31 Å². The average Bonchev–Trinajstić information content (AvgIpc) is 2.84. The molecule has 2 N–H and O–H groups in total. The lowest BCUT2D eigenvalue weighted by atomic mass is 10.2. The molecule has 2 heterocycles. The normalized spacial score (nSPS) is 18.8. The third kappa shape index (κ3) is 5.81. The number of hydrogen-bond donors (Lipinski definition) is 2. The molecule has 2 aliphatic heterocycles. The van der Waals surface area contributed by atoms with Crippen molar-refractivity contribution in [2.75, 3.05) is 63.9 Å². The Morgan fingerprint density at radius 3 is 2.38 bits per heavy atom. The van der Waals surface area contributed by atoms with Crippen LogP contribution in [0.5, 0.6) is 0 Å². The predicted octanol–water partition coefficient (Wildman–Crippen LogP) is -0.0281. The highest BCUT2D eigenvalue weighted by molar-refractivity contribution is 7.89. The maximum Gasteiger partial charge on any atom is 0.321 e. The first-order chi connectivity index (χ1) is 16.1. The fraction of sp³-hybridized carbons (Fsp3) is 0.600. The number of carbonyl (C=O) groups is 2. The summed E-state index contributed by atoms with van der Waals surface area (Å²) in [6, 6.07) is 2.85. The van der Waals surface area contributed by atoms with Gasteiger partial charge < -0.3 is 15.0 Å². The van der Waals surface area contributed by atoms with E-state index in [1.807, 2.05) is 4.90 Å². The highest BCUT2D eigenvalue weighted by Crippen LogP contribution is 2.32. The number of benzene rings is 1. The SMILES string of the molecule is CCNC(=O)NC(=O)C(C)N1CCN(c2ccc(S(=O)(=O)N3CCOCC3)cc2[N+](=O)[O-])CC1. The molecule has 34 heavy (non-hydrogen) atoms. The maximum atomic E-state index is 12.9. The number of amides is 3. The van der Waals surface area contributed by atoms with Crippen molar-refractivity contribution < 1.29 is 27.7 Å². The molecular formula is C20H30N6O7S. The summed E-state index contributed by atoms with van der Waals surface area (Å²) in [5, 5.41) is 16.6. The summed E-state index contributed by atoms with van der Waals surface area (Å²) < 4.78 is 32.3.